The molecule has 0 radical (unpaired) electrons. The zero-order valence-electron chi connectivity index (χ0n) is 15.7. The van der Waals surface area contributed by atoms with Crippen LogP contribution in [0.1, 0.15) is 35.7 Å². The highest BCUT2D eigenvalue weighted by molar-refractivity contribution is 6.05. The normalized spacial score (nSPS) is 14.1. The van der Waals surface area contributed by atoms with Gasteiger partial charge in [0.1, 0.15) is 0 Å². The molecule has 2 aromatic rings. The van der Waals surface area contributed by atoms with Crippen molar-refractivity contribution < 1.29 is 14.3 Å². The predicted molar refractivity (Wildman–Crippen MR) is 106 cm³/mol. The van der Waals surface area contributed by atoms with Gasteiger partial charge in [0.15, 0.2) is 0 Å². The first-order valence-electron chi connectivity index (χ1n) is 9.18. The molecular formula is C21H25N3O3. The Balaban J connectivity index is 1.63. The monoisotopic (exact) mass is 367 g/mol. The largest absolute Gasteiger partial charge is 0.378 e. The minimum Gasteiger partial charge on any atom is -0.378 e. The van der Waals surface area contributed by atoms with E-state index in [1.165, 1.54) is 0 Å². The minimum absolute atomic E-state index is 0.152. The Kier molecular flexibility index (Phi) is 6.08. The number of hydrogen-bond donors (Lipinski definition) is 2. The number of carbonyl (C=O) groups is 2. The van der Waals surface area contributed by atoms with E-state index in [0.29, 0.717) is 43.5 Å². The maximum Gasteiger partial charge on any atom is 0.321 e. The second-order valence-electron chi connectivity index (χ2n) is 6.80. The fraction of sp³-hybridized carbons (Fsp3) is 0.333. The van der Waals surface area contributed by atoms with Gasteiger partial charge in [-0.3, -0.25) is 4.79 Å². The van der Waals surface area contributed by atoms with E-state index in [0.717, 1.165) is 11.3 Å². The van der Waals surface area contributed by atoms with E-state index >= 15 is 0 Å². The maximum atomic E-state index is 12.5. The van der Waals surface area contributed by atoms with Crippen molar-refractivity contribution in [1.82, 2.24) is 4.90 Å². The summed E-state index contributed by atoms with van der Waals surface area (Å²) in [5, 5.41) is 5.82. The molecule has 0 unspecified atom stereocenters. The van der Waals surface area contributed by atoms with Crippen molar-refractivity contribution in [3.63, 3.8) is 0 Å². The van der Waals surface area contributed by atoms with E-state index in [1.807, 2.05) is 24.3 Å². The van der Waals surface area contributed by atoms with E-state index < -0.39 is 0 Å². The Bertz CT molecular complexity index is 797. The predicted octanol–water partition coefficient (Wildman–Crippen LogP) is 3.93. The summed E-state index contributed by atoms with van der Waals surface area (Å²) in [6, 6.07) is 14.5. The average Bonchev–Trinajstić information content (AvgIpc) is 2.69. The number of benzene rings is 2. The Hall–Kier alpha value is -2.86. The molecule has 1 aliphatic heterocycles. The van der Waals surface area contributed by atoms with Crippen molar-refractivity contribution >= 4 is 23.3 Å². The van der Waals surface area contributed by atoms with Crippen LogP contribution in [-0.2, 0) is 4.74 Å². The number of ether oxygens (including phenoxy) is 1. The molecule has 0 aliphatic carbocycles. The van der Waals surface area contributed by atoms with Crippen LogP contribution >= 0.6 is 0 Å². The number of amides is 3. The van der Waals surface area contributed by atoms with Crippen LogP contribution in [-0.4, -0.2) is 43.1 Å². The van der Waals surface area contributed by atoms with Crippen LogP contribution in [0.5, 0.6) is 0 Å². The van der Waals surface area contributed by atoms with Gasteiger partial charge in [-0.15, -0.1) is 0 Å². The van der Waals surface area contributed by atoms with E-state index in [9.17, 15) is 9.59 Å². The van der Waals surface area contributed by atoms with E-state index in [1.54, 1.807) is 29.2 Å². The summed E-state index contributed by atoms with van der Waals surface area (Å²) in [4.78, 5) is 26.5. The molecule has 0 spiro atoms. The summed E-state index contributed by atoms with van der Waals surface area (Å²) in [5.74, 6) is 0.147. The standard InChI is InChI=1S/C21H25N3O3/c1-15(2)18-5-3-4-6-19(18)23-20(25)16-7-9-17(10-8-16)22-21(26)24-11-13-27-14-12-24/h3-10,15H,11-14H2,1-2H3,(H,22,26)(H,23,25). The summed E-state index contributed by atoms with van der Waals surface area (Å²) in [6.45, 7) is 6.48. The summed E-state index contributed by atoms with van der Waals surface area (Å²) >= 11 is 0. The molecule has 0 saturated carbocycles. The first-order valence-corrected chi connectivity index (χ1v) is 9.18. The molecule has 0 bridgehead atoms. The third kappa shape index (κ3) is 4.86. The Morgan fingerprint density at radius 1 is 0.963 bits per heavy atom. The molecule has 27 heavy (non-hydrogen) atoms. The molecule has 0 atom stereocenters. The molecule has 2 aromatic carbocycles. The third-order valence-electron chi connectivity index (χ3n) is 4.53. The number of para-hydroxylation sites is 1. The number of carbonyl (C=O) groups excluding carboxylic acids is 2. The summed E-state index contributed by atoms with van der Waals surface area (Å²) in [7, 11) is 0. The summed E-state index contributed by atoms with van der Waals surface area (Å²) < 4.78 is 5.25. The molecule has 3 amide bonds. The summed E-state index contributed by atoms with van der Waals surface area (Å²) in [6.07, 6.45) is 0. The molecule has 1 fully saturated rings. The fourth-order valence-electron chi connectivity index (χ4n) is 2.98. The number of anilines is 2. The minimum atomic E-state index is -0.172. The smallest absolute Gasteiger partial charge is 0.321 e. The molecule has 6 nitrogen and oxygen atoms in total. The first kappa shape index (κ1) is 18.9. The highest BCUT2D eigenvalue weighted by atomic mass is 16.5. The van der Waals surface area contributed by atoms with Gasteiger partial charge in [-0.2, -0.15) is 0 Å². The topological polar surface area (TPSA) is 70.7 Å². The van der Waals surface area contributed by atoms with Crippen molar-refractivity contribution in [3.8, 4) is 0 Å². The van der Waals surface area contributed by atoms with Gasteiger partial charge in [0, 0.05) is 30.0 Å². The van der Waals surface area contributed by atoms with Crippen LogP contribution in [0, 0.1) is 0 Å². The Morgan fingerprint density at radius 2 is 1.63 bits per heavy atom. The van der Waals surface area contributed by atoms with Crippen molar-refractivity contribution in [2.45, 2.75) is 19.8 Å². The number of rotatable bonds is 4. The van der Waals surface area contributed by atoms with E-state index in [2.05, 4.69) is 24.5 Å². The average molecular weight is 367 g/mol. The van der Waals surface area contributed by atoms with Crippen molar-refractivity contribution in [2.24, 2.45) is 0 Å². The quantitative estimate of drug-likeness (QED) is 0.860. The molecule has 1 heterocycles. The highest BCUT2D eigenvalue weighted by Crippen LogP contribution is 2.24. The SMILES string of the molecule is CC(C)c1ccccc1NC(=O)c1ccc(NC(=O)N2CCOCC2)cc1. The van der Waals surface area contributed by atoms with Crippen molar-refractivity contribution in [2.75, 3.05) is 36.9 Å². The Morgan fingerprint density at radius 3 is 2.30 bits per heavy atom. The van der Waals surface area contributed by atoms with Gasteiger partial charge >= 0.3 is 6.03 Å². The second kappa shape index (κ2) is 8.68. The molecule has 2 N–H and O–H groups in total. The van der Waals surface area contributed by atoms with Crippen LogP contribution in [0.2, 0.25) is 0 Å². The number of urea groups is 1. The third-order valence-corrected chi connectivity index (χ3v) is 4.53. The number of nitrogens with zero attached hydrogens (tertiary/aromatic N) is 1. The number of nitrogens with one attached hydrogen (secondary N) is 2. The van der Waals surface area contributed by atoms with Crippen LogP contribution in [0.25, 0.3) is 0 Å². The van der Waals surface area contributed by atoms with Gasteiger partial charge in [0.2, 0.25) is 0 Å². The zero-order chi connectivity index (χ0) is 19.2. The lowest BCUT2D eigenvalue weighted by atomic mass is 10.0. The lowest BCUT2D eigenvalue weighted by Gasteiger charge is -2.26. The molecule has 1 saturated heterocycles. The Labute approximate surface area is 159 Å². The fourth-order valence-corrected chi connectivity index (χ4v) is 2.98. The number of morpholine rings is 1. The van der Waals surface area contributed by atoms with Gasteiger partial charge in [0.25, 0.3) is 5.91 Å². The second-order valence-corrected chi connectivity index (χ2v) is 6.80. The maximum absolute atomic E-state index is 12.5. The molecule has 142 valence electrons. The molecule has 1 aliphatic rings. The van der Waals surface area contributed by atoms with E-state index in [-0.39, 0.29) is 11.9 Å². The van der Waals surface area contributed by atoms with Crippen LogP contribution in [0.3, 0.4) is 0 Å². The molecular weight excluding hydrogens is 342 g/mol. The highest BCUT2D eigenvalue weighted by Gasteiger charge is 2.17. The molecule has 6 heteroatoms. The molecule has 3 rings (SSSR count). The van der Waals surface area contributed by atoms with Gasteiger partial charge in [0.05, 0.1) is 13.2 Å². The molecule has 0 aromatic heterocycles. The zero-order valence-corrected chi connectivity index (χ0v) is 15.7. The first-order chi connectivity index (χ1) is 13.0. The lowest BCUT2D eigenvalue weighted by Crippen LogP contribution is -2.43. The number of hydrogen-bond acceptors (Lipinski definition) is 3. The van der Waals surface area contributed by atoms with Gasteiger partial charge in [-0.1, -0.05) is 32.0 Å². The van der Waals surface area contributed by atoms with Crippen LogP contribution in [0.15, 0.2) is 48.5 Å². The van der Waals surface area contributed by atoms with Gasteiger partial charge in [-0.25, -0.2) is 4.79 Å². The van der Waals surface area contributed by atoms with Crippen molar-refractivity contribution in [1.29, 1.82) is 0 Å². The lowest BCUT2D eigenvalue weighted by molar-refractivity contribution is 0.0564. The van der Waals surface area contributed by atoms with Crippen LogP contribution < -0.4 is 10.6 Å². The summed E-state index contributed by atoms with van der Waals surface area (Å²) in [5.41, 5.74) is 3.12. The van der Waals surface area contributed by atoms with Crippen LogP contribution in [0.4, 0.5) is 16.2 Å². The van der Waals surface area contributed by atoms with Gasteiger partial charge in [-0.05, 0) is 41.8 Å². The van der Waals surface area contributed by atoms with Gasteiger partial charge < -0.3 is 20.3 Å². The van der Waals surface area contributed by atoms with Crippen molar-refractivity contribution in [3.05, 3.63) is 59.7 Å². The van der Waals surface area contributed by atoms with E-state index in [4.69, 9.17) is 4.74 Å².